The van der Waals surface area contributed by atoms with Crippen molar-refractivity contribution in [3.63, 3.8) is 0 Å². The molecule has 0 saturated carbocycles. The number of carbonyl (C=O) groups is 1. The average molecular weight is 564 g/mol. The number of benzene rings is 3. The van der Waals surface area contributed by atoms with Crippen LogP contribution < -0.4 is 20.7 Å². The number of rotatable bonds is 11. The second-order valence-electron chi connectivity index (χ2n) is 10.4. The highest BCUT2D eigenvalue weighted by Crippen LogP contribution is 2.25. The number of nitriles is 1. The van der Waals surface area contributed by atoms with Crippen LogP contribution in [0.5, 0.6) is 5.75 Å². The van der Waals surface area contributed by atoms with Gasteiger partial charge < -0.3 is 15.4 Å². The number of para-hydroxylation sites is 2. The standard InChI is InChI=1S/C33H37N7O2/c34-24-38-33(36-16-9-21-42-26-11-8-10-25(22-26)23-40-19-6-1-7-20-40)37-18-17-35-32(41)31-27-12-2-4-14-29(27)39-30-15-5-3-13-28(30)31/h2-5,8,10-15,22H,1,6-7,9,16-21,23H2,(H,35,41)(H2,36,37,38). The molecule has 42 heavy (non-hydrogen) atoms. The highest BCUT2D eigenvalue weighted by atomic mass is 16.5. The van der Waals surface area contributed by atoms with Crippen molar-refractivity contribution in [2.45, 2.75) is 32.2 Å². The van der Waals surface area contributed by atoms with Gasteiger partial charge in [-0.3, -0.25) is 20.0 Å². The molecule has 1 aliphatic heterocycles. The van der Waals surface area contributed by atoms with E-state index < -0.39 is 0 Å². The molecule has 216 valence electrons. The summed E-state index contributed by atoms with van der Waals surface area (Å²) in [5.74, 6) is 1.07. The number of guanidine groups is 1. The summed E-state index contributed by atoms with van der Waals surface area (Å²) in [4.78, 5) is 24.9. The molecule has 3 N–H and O–H groups in total. The fourth-order valence-electron chi connectivity index (χ4n) is 5.28. The minimum absolute atomic E-state index is 0.171. The van der Waals surface area contributed by atoms with E-state index >= 15 is 0 Å². The summed E-state index contributed by atoms with van der Waals surface area (Å²) in [6, 6.07) is 23.6. The van der Waals surface area contributed by atoms with Crippen LogP contribution in [0.3, 0.4) is 0 Å². The van der Waals surface area contributed by atoms with Gasteiger partial charge in [-0.05, 0) is 55.8 Å². The predicted molar refractivity (Wildman–Crippen MR) is 166 cm³/mol. The van der Waals surface area contributed by atoms with E-state index in [-0.39, 0.29) is 5.91 Å². The number of ether oxygens (including phenoxy) is 1. The van der Waals surface area contributed by atoms with Crippen molar-refractivity contribution in [2.24, 2.45) is 4.99 Å². The number of carbonyl (C=O) groups excluding carboxylic acids is 1. The molecule has 1 aromatic heterocycles. The number of amides is 1. The number of likely N-dealkylation sites (tertiary alicyclic amines) is 1. The predicted octanol–water partition coefficient (Wildman–Crippen LogP) is 4.59. The van der Waals surface area contributed by atoms with Crippen molar-refractivity contribution >= 4 is 33.7 Å². The zero-order chi connectivity index (χ0) is 29.0. The molecular weight excluding hydrogens is 526 g/mol. The topological polar surface area (TPSA) is 115 Å². The third kappa shape index (κ3) is 7.74. The molecular formula is C33H37N7O2. The molecule has 4 aromatic rings. The molecule has 1 amide bonds. The number of fused-ring (bicyclic) bond motifs is 2. The molecule has 0 unspecified atom stereocenters. The molecule has 1 saturated heterocycles. The van der Waals surface area contributed by atoms with Crippen molar-refractivity contribution < 1.29 is 9.53 Å². The number of pyridine rings is 1. The Morgan fingerprint density at radius 1 is 0.929 bits per heavy atom. The third-order valence-corrected chi connectivity index (χ3v) is 7.29. The fraction of sp³-hybridized carbons (Fsp3) is 0.333. The average Bonchev–Trinajstić information content (AvgIpc) is 3.02. The number of hydrogen-bond donors (Lipinski definition) is 3. The van der Waals surface area contributed by atoms with Crippen molar-refractivity contribution in [2.75, 3.05) is 39.3 Å². The van der Waals surface area contributed by atoms with Gasteiger partial charge in [-0.1, -0.05) is 55.0 Å². The second-order valence-corrected chi connectivity index (χ2v) is 10.4. The highest BCUT2D eigenvalue weighted by molar-refractivity contribution is 6.16. The molecule has 2 heterocycles. The van der Waals surface area contributed by atoms with Gasteiger partial charge in [0.1, 0.15) is 5.75 Å². The van der Waals surface area contributed by atoms with Gasteiger partial charge in [0.15, 0.2) is 6.19 Å². The molecule has 0 bridgehead atoms. The zero-order valence-corrected chi connectivity index (χ0v) is 23.8. The van der Waals surface area contributed by atoms with Crippen LogP contribution in [0.2, 0.25) is 0 Å². The molecule has 1 fully saturated rings. The van der Waals surface area contributed by atoms with Crippen molar-refractivity contribution in [3.05, 3.63) is 83.9 Å². The number of aromatic nitrogens is 1. The van der Waals surface area contributed by atoms with Gasteiger partial charge in [0, 0.05) is 43.4 Å². The Balaban J connectivity index is 1.08. The van der Waals surface area contributed by atoms with Crippen LogP contribution in [0, 0.1) is 11.5 Å². The number of piperidine rings is 1. The SMILES string of the molecule is N#CNC(=NCCCOc1cccc(CN2CCCCC2)c1)NCCNC(=O)c1c2ccccc2nc2ccccc12. The summed E-state index contributed by atoms with van der Waals surface area (Å²) in [6.07, 6.45) is 6.52. The van der Waals surface area contributed by atoms with E-state index in [1.165, 1.54) is 37.9 Å². The van der Waals surface area contributed by atoms with E-state index in [2.05, 4.69) is 43.0 Å². The number of aliphatic imine (C=N–C) groups is 1. The lowest BCUT2D eigenvalue weighted by molar-refractivity contribution is 0.0957. The van der Waals surface area contributed by atoms with Gasteiger partial charge in [0.25, 0.3) is 5.91 Å². The van der Waals surface area contributed by atoms with E-state index in [1.54, 1.807) is 0 Å². The van der Waals surface area contributed by atoms with Crippen LogP contribution >= 0.6 is 0 Å². The Kier molecular flexibility index (Phi) is 10.2. The molecule has 5 rings (SSSR count). The molecule has 0 atom stereocenters. The first-order valence-electron chi connectivity index (χ1n) is 14.6. The molecule has 0 aliphatic carbocycles. The maximum atomic E-state index is 13.2. The normalized spacial score (nSPS) is 13.9. The molecule has 3 aromatic carbocycles. The minimum atomic E-state index is -0.171. The van der Waals surface area contributed by atoms with E-state index in [0.717, 1.165) is 34.1 Å². The highest BCUT2D eigenvalue weighted by Gasteiger charge is 2.15. The van der Waals surface area contributed by atoms with E-state index in [4.69, 9.17) is 10.00 Å². The Labute approximate surface area is 246 Å². The fourth-order valence-corrected chi connectivity index (χ4v) is 5.28. The van der Waals surface area contributed by atoms with Gasteiger partial charge >= 0.3 is 0 Å². The van der Waals surface area contributed by atoms with Crippen molar-refractivity contribution in [3.8, 4) is 11.9 Å². The summed E-state index contributed by atoms with van der Waals surface area (Å²) < 4.78 is 5.96. The summed E-state index contributed by atoms with van der Waals surface area (Å²) in [5, 5.41) is 19.4. The number of hydrogen-bond acceptors (Lipinski definition) is 6. The monoisotopic (exact) mass is 563 g/mol. The molecule has 1 aliphatic rings. The zero-order valence-electron chi connectivity index (χ0n) is 23.8. The van der Waals surface area contributed by atoms with Crippen LogP contribution in [0.4, 0.5) is 0 Å². The third-order valence-electron chi connectivity index (χ3n) is 7.29. The van der Waals surface area contributed by atoms with Gasteiger partial charge in [0.05, 0.1) is 23.2 Å². The lowest BCUT2D eigenvalue weighted by Gasteiger charge is -2.26. The molecule has 9 heteroatoms. The number of nitrogens with zero attached hydrogens (tertiary/aromatic N) is 4. The van der Waals surface area contributed by atoms with E-state index in [9.17, 15) is 4.79 Å². The quantitative estimate of drug-likeness (QED) is 0.0611. The van der Waals surface area contributed by atoms with Gasteiger partial charge in [-0.2, -0.15) is 5.26 Å². The summed E-state index contributed by atoms with van der Waals surface area (Å²) >= 11 is 0. The Morgan fingerprint density at radius 3 is 2.38 bits per heavy atom. The largest absolute Gasteiger partial charge is 0.494 e. The van der Waals surface area contributed by atoms with Crippen LogP contribution in [-0.4, -0.2) is 61.1 Å². The van der Waals surface area contributed by atoms with Crippen LogP contribution in [0.15, 0.2) is 77.8 Å². The van der Waals surface area contributed by atoms with Crippen molar-refractivity contribution in [1.29, 1.82) is 5.26 Å². The second kappa shape index (κ2) is 14.8. The van der Waals surface area contributed by atoms with Crippen LogP contribution in [-0.2, 0) is 6.54 Å². The van der Waals surface area contributed by atoms with E-state index in [1.807, 2.05) is 66.9 Å². The maximum Gasteiger partial charge on any atom is 0.252 e. The van der Waals surface area contributed by atoms with Crippen LogP contribution in [0.25, 0.3) is 21.8 Å². The Morgan fingerprint density at radius 2 is 1.64 bits per heavy atom. The molecule has 9 nitrogen and oxygen atoms in total. The summed E-state index contributed by atoms with van der Waals surface area (Å²) in [5.41, 5.74) is 3.44. The summed E-state index contributed by atoms with van der Waals surface area (Å²) in [7, 11) is 0. The maximum absolute atomic E-state index is 13.2. The van der Waals surface area contributed by atoms with Crippen molar-refractivity contribution in [1.82, 2.24) is 25.8 Å². The smallest absolute Gasteiger partial charge is 0.252 e. The van der Waals surface area contributed by atoms with Gasteiger partial charge in [0.2, 0.25) is 5.96 Å². The first-order valence-corrected chi connectivity index (χ1v) is 14.6. The van der Waals surface area contributed by atoms with Gasteiger partial charge in [-0.15, -0.1) is 0 Å². The first-order chi connectivity index (χ1) is 20.7. The first kappa shape index (κ1) is 28.8. The lowest BCUT2D eigenvalue weighted by Crippen LogP contribution is -2.40. The summed E-state index contributed by atoms with van der Waals surface area (Å²) in [6.45, 7) is 5.08. The Hall–Kier alpha value is -4.68. The minimum Gasteiger partial charge on any atom is -0.494 e. The number of nitrogens with one attached hydrogen (secondary N) is 3. The van der Waals surface area contributed by atoms with Crippen LogP contribution in [0.1, 0.15) is 41.6 Å². The molecule has 0 radical (unpaired) electrons. The lowest BCUT2D eigenvalue weighted by atomic mass is 10.0. The molecule has 0 spiro atoms. The van der Waals surface area contributed by atoms with E-state index in [0.29, 0.717) is 44.2 Å². The van der Waals surface area contributed by atoms with Gasteiger partial charge in [-0.25, -0.2) is 4.98 Å². The Bertz CT molecular complexity index is 1520.